The molecule has 1 aromatic heterocycles. The van der Waals surface area contributed by atoms with Crippen LogP contribution in [0, 0.1) is 0 Å². The van der Waals surface area contributed by atoms with Crippen LogP contribution in [0.4, 0.5) is 0 Å². The van der Waals surface area contributed by atoms with E-state index in [1.807, 2.05) is 24.3 Å². The molecule has 0 spiro atoms. The lowest BCUT2D eigenvalue weighted by molar-refractivity contribution is 0.396. The van der Waals surface area contributed by atoms with E-state index in [1.54, 1.807) is 22.8 Å². The van der Waals surface area contributed by atoms with E-state index in [1.165, 1.54) is 11.1 Å². The summed E-state index contributed by atoms with van der Waals surface area (Å²) < 4.78 is 27.9. The number of sulfonamides is 1. The maximum atomic E-state index is 13.1. The largest absolute Gasteiger partial charge is 0.264 e. The fourth-order valence-corrected chi connectivity index (χ4v) is 5.51. The molecule has 1 aromatic carbocycles. The minimum absolute atomic E-state index is 0.0954. The molecule has 4 rings (SSSR count). The molecular weight excluding hydrogens is 308 g/mol. The van der Waals surface area contributed by atoms with Crippen LogP contribution in [0.2, 0.25) is 0 Å². The predicted molar refractivity (Wildman–Crippen MR) is 88.6 cm³/mol. The molecule has 2 aromatic rings. The number of aryl methyl sites for hydroxylation is 2. The zero-order chi connectivity index (χ0) is 15.9. The van der Waals surface area contributed by atoms with E-state index < -0.39 is 10.0 Å². The third kappa shape index (κ3) is 2.58. The first-order chi connectivity index (χ1) is 11.2. The summed E-state index contributed by atoms with van der Waals surface area (Å²) in [7, 11) is -3.45. The normalized spacial score (nSPS) is 21.5. The zero-order valence-corrected chi connectivity index (χ0v) is 13.8. The topological polar surface area (TPSA) is 50.3 Å². The molecule has 1 aliphatic carbocycles. The van der Waals surface area contributed by atoms with Crippen LogP contribution in [0.5, 0.6) is 0 Å². The molecule has 1 unspecified atom stereocenters. The maximum absolute atomic E-state index is 13.1. The number of aromatic nitrogens is 1. The van der Waals surface area contributed by atoms with Crippen molar-refractivity contribution in [1.29, 1.82) is 0 Å². The van der Waals surface area contributed by atoms with Crippen molar-refractivity contribution in [3.8, 4) is 0 Å². The van der Waals surface area contributed by atoms with Crippen molar-refractivity contribution in [3.63, 3.8) is 0 Å². The van der Waals surface area contributed by atoms with Crippen molar-refractivity contribution in [2.45, 2.75) is 43.0 Å². The number of hydrogen-bond donors (Lipinski definition) is 0. The van der Waals surface area contributed by atoms with Crippen LogP contribution in [0.25, 0.3) is 0 Å². The van der Waals surface area contributed by atoms with E-state index in [0.29, 0.717) is 11.4 Å². The van der Waals surface area contributed by atoms with Gasteiger partial charge >= 0.3 is 0 Å². The summed E-state index contributed by atoms with van der Waals surface area (Å²) in [6.45, 7) is 0.582. The molecule has 0 saturated carbocycles. The molecule has 2 aliphatic rings. The average Bonchev–Trinajstić information content (AvgIpc) is 3.24. The predicted octanol–water partition coefficient (Wildman–Crippen LogP) is 3.10. The first-order valence-corrected chi connectivity index (χ1v) is 9.64. The number of nitrogens with zero attached hydrogens (tertiary/aromatic N) is 2. The van der Waals surface area contributed by atoms with Gasteiger partial charge in [-0.2, -0.15) is 4.31 Å². The molecule has 120 valence electrons. The van der Waals surface area contributed by atoms with Gasteiger partial charge in [-0.1, -0.05) is 12.1 Å². The highest BCUT2D eigenvalue weighted by atomic mass is 32.2. The Morgan fingerprint density at radius 2 is 1.96 bits per heavy atom. The lowest BCUT2D eigenvalue weighted by Crippen LogP contribution is -2.30. The van der Waals surface area contributed by atoms with Crippen molar-refractivity contribution in [2.24, 2.45) is 0 Å². The first kappa shape index (κ1) is 14.8. The SMILES string of the molecule is O=S(=O)(c1ccc2c(c1)CCC2)N1CCCC1c1cccnc1. The Hall–Kier alpha value is -1.72. The molecule has 5 heteroatoms. The van der Waals surface area contributed by atoms with E-state index in [2.05, 4.69) is 4.98 Å². The standard InChI is InChI=1S/C18H20N2O2S/c21-23(22,17-9-8-14-4-1-5-15(14)12-17)20-11-3-7-18(20)16-6-2-10-19-13-16/h2,6,8-10,12-13,18H,1,3-5,7,11H2. The highest BCUT2D eigenvalue weighted by Crippen LogP contribution is 2.37. The minimum atomic E-state index is -3.45. The quantitative estimate of drug-likeness (QED) is 0.870. The van der Waals surface area contributed by atoms with Crippen LogP contribution in [0.15, 0.2) is 47.6 Å². The van der Waals surface area contributed by atoms with E-state index in [0.717, 1.165) is 37.7 Å². The number of rotatable bonds is 3. The second kappa shape index (κ2) is 5.73. The van der Waals surface area contributed by atoms with Crippen LogP contribution < -0.4 is 0 Å². The highest BCUT2D eigenvalue weighted by molar-refractivity contribution is 7.89. The smallest absolute Gasteiger partial charge is 0.243 e. The molecule has 1 saturated heterocycles. The van der Waals surface area contributed by atoms with Gasteiger partial charge in [-0.15, -0.1) is 0 Å². The van der Waals surface area contributed by atoms with Crippen molar-refractivity contribution < 1.29 is 8.42 Å². The fraction of sp³-hybridized carbons (Fsp3) is 0.389. The van der Waals surface area contributed by atoms with Gasteiger partial charge in [0.15, 0.2) is 0 Å². The number of benzene rings is 1. The lowest BCUT2D eigenvalue weighted by atomic mass is 10.1. The minimum Gasteiger partial charge on any atom is -0.264 e. The van der Waals surface area contributed by atoms with Gasteiger partial charge < -0.3 is 0 Å². The Balaban J connectivity index is 1.70. The van der Waals surface area contributed by atoms with Crippen LogP contribution >= 0.6 is 0 Å². The molecule has 0 radical (unpaired) electrons. The van der Waals surface area contributed by atoms with Gasteiger partial charge in [0.05, 0.1) is 10.9 Å². The first-order valence-electron chi connectivity index (χ1n) is 8.20. The molecule has 2 heterocycles. The third-order valence-electron chi connectivity index (χ3n) is 4.95. The van der Waals surface area contributed by atoms with Crippen LogP contribution in [0.1, 0.15) is 42.0 Å². The summed E-state index contributed by atoms with van der Waals surface area (Å²) in [5.74, 6) is 0. The maximum Gasteiger partial charge on any atom is 0.243 e. The van der Waals surface area contributed by atoms with Crippen molar-refractivity contribution in [1.82, 2.24) is 9.29 Å². The van der Waals surface area contributed by atoms with Gasteiger partial charge in [-0.25, -0.2) is 8.42 Å². The van der Waals surface area contributed by atoms with Crippen molar-refractivity contribution in [2.75, 3.05) is 6.54 Å². The summed E-state index contributed by atoms with van der Waals surface area (Å²) in [6, 6.07) is 9.39. The van der Waals surface area contributed by atoms with Crippen LogP contribution in [-0.4, -0.2) is 24.3 Å². The van der Waals surface area contributed by atoms with E-state index in [9.17, 15) is 8.42 Å². The molecule has 4 nitrogen and oxygen atoms in total. The zero-order valence-electron chi connectivity index (χ0n) is 13.0. The summed E-state index contributed by atoms with van der Waals surface area (Å²) in [5, 5.41) is 0. The van der Waals surface area contributed by atoms with Crippen molar-refractivity contribution in [3.05, 3.63) is 59.4 Å². The van der Waals surface area contributed by atoms with Crippen LogP contribution in [-0.2, 0) is 22.9 Å². The van der Waals surface area contributed by atoms with Gasteiger partial charge in [0.1, 0.15) is 0 Å². The van der Waals surface area contributed by atoms with Gasteiger partial charge in [0.2, 0.25) is 10.0 Å². The van der Waals surface area contributed by atoms with Crippen LogP contribution in [0.3, 0.4) is 0 Å². The van der Waals surface area contributed by atoms with E-state index in [-0.39, 0.29) is 6.04 Å². The Labute approximate surface area is 137 Å². The number of hydrogen-bond acceptors (Lipinski definition) is 3. The van der Waals surface area contributed by atoms with Gasteiger partial charge in [-0.3, -0.25) is 4.98 Å². The second-order valence-electron chi connectivity index (χ2n) is 6.34. The Morgan fingerprint density at radius 3 is 2.78 bits per heavy atom. The Bertz CT molecular complexity index is 818. The lowest BCUT2D eigenvalue weighted by Gasteiger charge is -2.24. The molecule has 0 amide bonds. The summed E-state index contributed by atoms with van der Waals surface area (Å²) in [5.41, 5.74) is 3.48. The summed E-state index contributed by atoms with van der Waals surface area (Å²) in [6.07, 6.45) is 8.43. The molecule has 23 heavy (non-hydrogen) atoms. The molecule has 1 aliphatic heterocycles. The number of pyridine rings is 1. The van der Waals surface area contributed by atoms with Gasteiger partial charge in [0, 0.05) is 18.9 Å². The fourth-order valence-electron chi connectivity index (χ4n) is 3.78. The van der Waals surface area contributed by atoms with Gasteiger partial charge in [0.25, 0.3) is 0 Å². The average molecular weight is 328 g/mol. The van der Waals surface area contributed by atoms with Gasteiger partial charge in [-0.05, 0) is 67.0 Å². The molecule has 0 bridgehead atoms. The summed E-state index contributed by atoms with van der Waals surface area (Å²) in [4.78, 5) is 4.58. The Kier molecular flexibility index (Phi) is 3.70. The molecule has 1 atom stereocenters. The van der Waals surface area contributed by atoms with E-state index in [4.69, 9.17) is 0 Å². The van der Waals surface area contributed by atoms with E-state index >= 15 is 0 Å². The number of fused-ring (bicyclic) bond motifs is 1. The molecular formula is C18H20N2O2S. The molecule has 0 N–H and O–H groups in total. The molecule has 1 fully saturated rings. The Morgan fingerprint density at radius 1 is 1.09 bits per heavy atom. The second-order valence-corrected chi connectivity index (χ2v) is 8.23. The monoisotopic (exact) mass is 328 g/mol. The highest BCUT2D eigenvalue weighted by Gasteiger charge is 2.36. The van der Waals surface area contributed by atoms with Crippen molar-refractivity contribution >= 4 is 10.0 Å². The third-order valence-corrected chi connectivity index (χ3v) is 6.85. The summed E-state index contributed by atoms with van der Waals surface area (Å²) >= 11 is 0.